The number of thioether (sulfide) groups is 1. The highest BCUT2D eigenvalue weighted by Crippen LogP contribution is 2.21. The van der Waals surface area contributed by atoms with Gasteiger partial charge in [0, 0.05) is 44.5 Å². The van der Waals surface area contributed by atoms with Crippen molar-refractivity contribution in [3.05, 3.63) is 48.5 Å². The average molecular weight is 425 g/mol. The number of H-pyrrole nitrogens is 1. The number of rotatable bonds is 5. The molecular formula is C22H26N5O2S+. The number of para-hydroxylation sites is 2. The molecule has 0 atom stereocenters. The molecule has 7 nitrogen and oxygen atoms in total. The number of hydrogen-bond acceptors (Lipinski definition) is 4. The minimum Gasteiger partial charge on any atom is -0.368 e. The van der Waals surface area contributed by atoms with Crippen LogP contribution < -0.4 is 14.8 Å². The second kappa shape index (κ2) is 8.79. The maximum Gasteiger partial charge on any atom is 0.317 e. The van der Waals surface area contributed by atoms with Crippen LogP contribution in [0.4, 0.5) is 11.4 Å². The first-order chi connectivity index (χ1) is 14.5. The Morgan fingerprint density at radius 1 is 1.07 bits per heavy atom. The molecule has 1 fully saturated rings. The summed E-state index contributed by atoms with van der Waals surface area (Å²) in [7, 11) is 1.99. The number of benzene rings is 2. The fourth-order valence-electron chi connectivity index (χ4n) is 3.68. The van der Waals surface area contributed by atoms with Crippen LogP contribution in [0, 0.1) is 0 Å². The van der Waals surface area contributed by atoms with Gasteiger partial charge in [-0.3, -0.25) is 9.59 Å². The summed E-state index contributed by atoms with van der Waals surface area (Å²) in [4.78, 5) is 31.3. The van der Waals surface area contributed by atoms with Gasteiger partial charge in [-0.05, 0) is 48.2 Å². The number of imidazole rings is 1. The molecule has 0 saturated carbocycles. The highest BCUT2D eigenvalue weighted by atomic mass is 32.2. The van der Waals surface area contributed by atoms with Crippen LogP contribution in [0.3, 0.4) is 0 Å². The number of aromatic amines is 1. The van der Waals surface area contributed by atoms with Gasteiger partial charge in [0.05, 0.1) is 12.8 Å². The Morgan fingerprint density at radius 2 is 1.77 bits per heavy atom. The first-order valence-corrected chi connectivity index (χ1v) is 11.0. The lowest BCUT2D eigenvalue weighted by Gasteiger charge is -2.35. The van der Waals surface area contributed by atoms with E-state index in [0.717, 1.165) is 53.7 Å². The van der Waals surface area contributed by atoms with Crippen molar-refractivity contribution in [1.29, 1.82) is 0 Å². The Labute approximate surface area is 180 Å². The molecule has 1 saturated heterocycles. The summed E-state index contributed by atoms with van der Waals surface area (Å²) in [5, 5.41) is 3.91. The molecule has 0 unspecified atom stereocenters. The molecule has 8 heteroatoms. The van der Waals surface area contributed by atoms with Crippen molar-refractivity contribution in [2.75, 3.05) is 42.1 Å². The number of fused-ring (bicyclic) bond motifs is 1. The van der Waals surface area contributed by atoms with Crippen LogP contribution in [-0.4, -0.2) is 53.6 Å². The molecule has 2 amide bonds. The van der Waals surface area contributed by atoms with Crippen LogP contribution in [0.2, 0.25) is 0 Å². The number of carbonyl (C=O) groups is 2. The number of nitrogens with one attached hydrogen (secondary N) is 2. The third-order valence-electron chi connectivity index (χ3n) is 5.39. The van der Waals surface area contributed by atoms with Gasteiger partial charge in [0.25, 0.3) is 0 Å². The van der Waals surface area contributed by atoms with Crippen molar-refractivity contribution in [2.45, 2.75) is 12.1 Å². The van der Waals surface area contributed by atoms with Crippen LogP contribution in [0.15, 0.2) is 53.7 Å². The summed E-state index contributed by atoms with van der Waals surface area (Å²) in [5.41, 5.74) is 4.06. The molecule has 1 aromatic heterocycles. The van der Waals surface area contributed by atoms with Crippen molar-refractivity contribution in [2.24, 2.45) is 7.05 Å². The fraction of sp³-hybridized carbons (Fsp3) is 0.318. The van der Waals surface area contributed by atoms with Crippen LogP contribution in [0.25, 0.3) is 11.0 Å². The molecule has 2 heterocycles. The lowest BCUT2D eigenvalue weighted by Crippen LogP contribution is -2.48. The van der Waals surface area contributed by atoms with Crippen molar-refractivity contribution >= 4 is 46.0 Å². The molecule has 1 aliphatic heterocycles. The Kier molecular flexibility index (Phi) is 5.94. The Bertz CT molecular complexity index is 1060. The molecular weight excluding hydrogens is 398 g/mol. The molecule has 156 valence electrons. The molecule has 3 aromatic rings. The van der Waals surface area contributed by atoms with E-state index in [4.69, 9.17) is 0 Å². The third-order valence-corrected chi connectivity index (χ3v) is 6.45. The second-order valence-electron chi connectivity index (χ2n) is 7.38. The number of carbonyl (C=O) groups excluding carboxylic acids is 2. The predicted molar refractivity (Wildman–Crippen MR) is 120 cm³/mol. The molecule has 4 rings (SSSR count). The molecule has 0 bridgehead atoms. The van der Waals surface area contributed by atoms with Gasteiger partial charge in [0.15, 0.2) is 11.0 Å². The summed E-state index contributed by atoms with van der Waals surface area (Å²) in [6, 6.07) is 16.0. The van der Waals surface area contributed by atoms with Crippen molar-refractivity contribution in [1.82, 2.24) is 9.88 Å². The zero-order valence-electron chi connectivity index (χ0n) is 17.2. The van der Waals surface area contributed by atoms with Gasteiger partial charge >= 0.3 is 5.16 Å². The van der Waals surface area contributed by atoms with E-state index in [-0.39, 0.29) is 11.8 Å². The minimum absolute atomic E-state index is 0.0403. The molecule has 2 N–H and O–H groups in total. The number of anilines is 2. The van der Waals surface area contributed by atoms with E-state index < -0.39 is 0 Å². The van der Waals surface area contributed by atoms with Crippen molar-refractivity contribution in [3.63, 3.8) is 0 Å². The maximum atomic E-state index is 12.4. The number of nitrogens with zero attached hydrogens (tertiary/aromatic N) is 3. The highest BCUT2D eigenvalue weighted by Gasteiger charge is 2.19. The lowest BCUT2D eigenvalue weighted by molar-refractivity contribution is -0.683. The fourth-order valence-corrected chi connectivity index (χ4v) is 4.49. The van der Waals surface area contributed by atoms with Gasteiger partial charge in [0.2, 0.25) is 11.8 Å². The van der Waals surface area contributed by atoms with Gasteiger partial charge in [0.1, 0.15) is 0 Å². The molecule has 30 heavy (non-hydrogen) atoms. The number of hydrogen-bond donors (Lipinski definition) is 2. The number of aryl methyl sites for hydroxylation is 1. The molecule has 0 spiro atoms. The summed E-state index contributed by atoms with van der Waals surface area (Å²) >= 11 is 1.48. The van der Waals surface area contributed by atoms with Gasteiger partial charge in [-0.25, -0.2) is 9.55 Å². The number of amides is 2. The van der Waals surface area contributed by atoms with E-state index in [1.165, 1.54) is 11.8 Å². The zero-order valence-corrected chi connectivity index (χ0v) is 18.0. The van der Waals surface area contributed by atoms with Crippen LogP contribution in [-0.2, 0) is 16.6 Å². The van der Waals surface area contributed by atoms with Crippen LogP contribution >= 0.6 is 11.8 Å². The smallest absolute Gasteiger partial charge is 0.317 e. The zero-order chi connectivity index (χ0) is 21.1. The maximum absolute atomic E-state index is 12.4. The Hall–Kier alpha value is -3.00. The van der Waals surface area contributed by atoms with Crippen LogP contribution in [0.5, 0.6) is 0 Å². The largest absolute Gasteiger partial charge is 0.368 e. The SMILES string of the molecule is CC(=O)N1CCN(c2ccc(NC(=O)CSc3[nH]c4ccccc4[n+]3C)cc2)CC1. The van der Waals surface area contributed by atoms with Gasteiger partial charge in [-0.2, -0.15) is 0 Å². The van der Waals surface area contributed by atoms with Gasteiger partial charge < -0.3 is 15.1 Å². The predicted octanol–water partition coefficient (Wildman–Crippen LogP) is 2.39. The molecule has 2 aromatic carbocycles. The molecule has 0 aliphatic carbocycles. The molecule has 1 aliphatic rings. The third kappa shape index (κ3) is 4.43. The lowest BCUT2D eigenvalue weighted by atomic mass is 10.2. The average Bonchev–Trinajstić information content (AvgIpc) is 3.09. The van der Waals surface area contributed by atoms with E-state index in [1.54, 1.807) is 6.92 Å². The van der Waals surface area contributed by atoms with E-state index in [9.17, 15) is 9.59 Å². The highest BCUT2D eigenvalue weighted by molar-refractivity contribution is 7.99. The van der Waals surface area contributed by atoms with E-state index in [0.29, 0.717) is 5.75 Å². The van der Waals surface area contributed by atoms with Crippen LogP contribution in [0.1, 0.15) is 6.92 Å². The van der Waals surface area contributed by atoms with E-state index in [2.05, 4.69) is 25.8 Å². The summed E-state index contributed by atoms with van der Waals surface area (Å²) in [6.07, 6.45) is 0. The Balaban J connectivity index is 1.30. The van der Waals surface area contributed by atoms with E-state index in [1.807, 2.05) is 54.4 Å². The molecule has 0 radical (unpaired) electrons. The van der Waals surface area contributed by atoms with Crippen molar-refractivity contribution in [3.8, 4) is 0 Å². The minimum atomic E-state index is -0.0403. The number of aromatic nitrogens is 2. The summed E-state index contributed by atoms with van der Waals surface area (Å²) in [5.74, 6) is 0.420. The van der Waals surface area contributed by atoms with Gasteiger partial charge in [-0.15, -0.1) is 0 Å². The van der Waals surface area contributed by atoms with E-state index >= 15 is 0 Å². The normalized spacial score (nSPS) is 14.2. The topological polar surface area (TPSA) is 72.3 Å². The quantitative estimate of drug-likeness (QED) is 0.487. The second-order valence-corrected chi connectivity index (χ2v) is 8.35. The Morgan fingerprint density at radius 3 is 2.43 bits per heavy atom. The first-order valence-electron chi connectivity index (χ1n) is 10.0. The first kappa shape index (κ1) is 20.3. The standard InChI is InChI=1S/C22H25N5O2S/c1-16(28)26-11-13-27(14-12-26)18-9-7-17(8-10-18)23-21(29)15-30-22-24-19-5-3-4-6-20(19)25(22)2/h3-10H,11-15H2,1-2H3,(H,23,29)/p+1. The van der Waals surface area contributed by atoms with Crippen molar-refractivity contribution < 1.29 is 14.2 Å². The monoisotopic (exact) mass is 424 g/mol. The summed E-state index contributed by atoms with van der Waals surface area (Å²) < 4.78 is 2.06. The van der Waals surface area contributed by atoms with Gasteiger partial charge in [-0.1, -0.05) is 12.1 Å². The summed E-state index contributed by atoms with van der Waals surface area (Å²) in [6.45, 7) is 4.75. The number of piperazine rings is 1.